The van der Waals surface area contributed by atoms with E-state index in [9.17, 15) is 30.7 Å². The number of anilines is 1. The summed E-state index contributed by atoms with van der Waals surface area (Å²) in [6.07, 6.45) is 8.95. The Balaban J connectivity index is 1.86. The molecule has 0 radical (unpaired) electrons. The molecule has 14 heteroatoms. The van der Waals surface area contributed by atoms with Gasteiger partial charge in [-0.25, -0.2) is 0 Å². The van der Waals surface area contributed by atoms with Crippen LogP contribution in [0.25, 0.3) is 0 Å². The third kappa shape index (κ3) is 8.00. The zero-order valence-corrected chi connectivity index (χ0v) is 30.3. The number of carbonyl (C=O) groups is 1. The van der Waals surface area contributed by atoms with Crippen molar-refractivity contribution in [2.45, 2.75) is 79.9 Å². The van der Waals surface area contributed by atoms with Gasteiger partial charge >= 0.3 is 5.97 Å². The molecule has 0 fully saturated rings. The highest BCUT2D eigenvalue weighted by molar-refractivity contribution is 7.86. The van der Waals surface area contributed by atoms with Gasteiger partial charge in [-0.1, -0.05) is 6.08 Å². The number of ether oxygens (including phenoxy) is 2. The summed E-state index contributed by atoms with van der Waals surface area (Å²) in [5, 5.41) is 9.10. The highest BCUT2D eigenvalue weighted by atomic mass is 32.2. The molecule has 2 aliphatic rings. The van der Waals surface area contributed by atoms with E-state index in [0.29, 0.717) is 58.4 Å². The number of fused-ring (bicyclic) bond motifs is 2. The molecule has 49 heavy (non-hydrogen) atoms. The van der Waals surface area contributed by atoms with Crippen molar-refractivity contribution in [1.82, 2.24) is 0 Å². The Bertz CT molecular complexity index is 1880. The molecule has 2 atom stereocenters. The van der Waals surface area contributed by atoms with E-state index in [4.69, 9.17) is 14.6 Å². The lowest BCUT2D eigenvalue weighted by Crippen LogP contribution is -2.33. The monoisotopic (exact) mass is 719 g/mol. The Labute approximate surface area is 289 Å². The van der Waals surface area contributed by atoms with Gasteiger partial charge in [-0.15, -0.1) is 0 Å². The molecule has 2 aliphatic heterocycles. The second-order valence-corrected chi connectivity index (χ2v) is 15.7. The van der Waals surface area contributed by atoms with Gasteiger partial charge in [-0.05, 0) is 88.4 Å². The van der Waals surface area contributed by atoms with Crippen LogP contribution >= 0.6 is 0 Å². The molecule has 4 rings (SSSR count). The molecule has 0 bridgehead atoms. The van der Waals surface area contributed by atoms with Crippen LogP contribution in [0.5, 0.6) is 0 Å². The number of benzene rings is 2. The van der Waals surface area contributed by atoms with Crippen LogP contribution in [0.3, 0.4) is 0 Å². The van der Waals surface area contributed by atoms with Crippen molar-refractivity contribution >= 4 is 43.3 Å². The number of hydrogen-bond acceptors (Lipinski definition) is 8. The summed E-state index contributed by atoms with van der Waals surface area (Å²) in [6, 6.07) is 9.22. The Hall–Kier alpha value is -3.40. The fraction of sp³-hybridized carbons (Fsp3) is 0.486. The van der Waals surface area contributed by atoms with Gasteiger partial charge in [0.05, 0.1) is 15.2 Å². The summed E-state index contributed by atoms with van der Waals surface area (Å²) in [5.74, 6) is -0.846. The number of allylic oxidation sites excluding steroid dienone is 4. The Morgan fingerprint density at radius 1 is 0.878 bits per heavy atom. The summed E-state index contributed by atoms with van der Waals surface area (Å²) in [5.41, 5.74) is 3.53. The van der Waals surface area contributed by atoms with Crippen molar-refractivity contribution in [1.29, 1.82) is 0 Å². The number of unbranched alkanes of at least 4 members (excludes halogenated alkanes) is 2. The van der Waals surface area contributed by atoms with E-state index in [0.717, 1.165) is 33.9 Å². The van der Waals surface area contributed by atoms with Crippen LogP contribution in [-0.2, 0) is 45.3 Å². The Morgan fingerprint density at radius 2 is 1.47 bits per heavy atom. The van der Waals surface area contributed by atoms with Crippen molar-refractivity contribution < 1.29 is 49.9 Å². The average Bonchev–Trinajstić information content (AvgIpc) is 3.41. The molecule has 12 nitrogen and oxygen atoms in total. The van der Waals surface area contributed by atoms with Crippen LogP contribution in [0.1, 0.15) is 70.4 Å². The third-order valence-corrected chi connectivity index (χ3v) is 11.4. The SMILES string of the molecule is CCN1/C(=C/C=C/C2=[N+](CCCCCC(=O)O)c3ccc(S(=O)(=O)O)cc3C2(C)CCOC)C(C)(CCOC)c2cc(S(=O)(=O)O)ccc21. The van der Waals surface area contributed by atoms with Crippen LogP contribution in [0, 0.1) is 0 Å². The zero-order valence-electron chi connectivity index (χ0n) is 28.7. The average molecular weight is 720 g/mol. The number of likely N-dealkylation sites (N-methyl/N-ethyl adjacent to an activating group) is 1. The van der Waals surface area contributed by atoms with Crippen molar-refractivity contribution in [2.75, 3.05) is 45.4 Å². The minimum Gasteiger partial charge on any atom is -0.481 e. The van der Waals surface area contributed by atoms with E-state index in [-0.39, 0.29) is 16.2 Å². The van der Waals surface area contributed by atoms with Crippen molar-refractivity contribution in [3.8, 4) is 0 Å². The van der Waals surface area contributed by atoms with E-state index in [1.54, 1.807) is 26.4 Å². The molecular formula is C35H47N2O10S2+. The molecule has 2 aromatic carbocycles. The smallest absolute Gasteiger partial charge is 0.303 e. The first-order valence-corrected chi connectivity index (χ1v) is 19.2. The predicted molar refractivity (Wildman–Crippen MR) is 186 cm³/mol. The van der Waals surface area contributed by atoms with Gasteiger partial charge in [-0.3, -0.25) is 13.9 Å². The second kappa shape index (κ2) is 15.2. The quantitative estimate of drug-likeness (QED) is 0.107. The van der Waals surface area contributed by atoms with E-state index >= 15 is 0 Å². The number of carboxylic acids is 1. The number of carboxylic acid groups (broad SMARTS) is 1. The maximum atomic E-state index is 12.2. The molecule has 0 aromatic heterocycles. The minimum atomic E-state index is -4.47. The molecule has 2 aromatic rings. The van der Waals surface area contributed by atoms with Crippen LogP contribution in [0.4, 0.5) is 11.4 Å². The number of methoxy groups -OCH3 is 2. The molecule has 0 amide bonds. The van der Waals surface area contributed by atoms with E-state index < -0.39 is 37.0 Å². The normalized spacial score (nSPS) is 21.6. The number of rotatable bonds is 17. The molecule has 0 aliphatic carbocycles. The molecule has 0 spiro atoms. The van der Waals surface area contributed by atoms with E-state index in [1.165, 1.54) is 24.3 Å². The topological polar surface area (TPSA) is 171 Å². The minimum absolute atomic E-state index is 0.0772. The van der Waals surface area contributed by atoms with Crippen molar-refractivity contribution in [2.24, 2.45) is 0 Å². The van der Waals surface area contributed by atoms with Gasteiger partial charge in [0.2, 0.25) is 5.69 Å². The fourth-order valence-corrected chi connectivity index (χ4v) is 8.07. The highest BCUT2D eigenvalue weighted by Gasteiger charge is 2.48. The maximum absolute atomic E-state index is 12.2. The second-order valence-electron chi connectivity index (χ2n) is 12.9. The summed E-state index contributed by atoms with van der Waals surface area (Å²) in [4.78, 5) is 12.8. The summed E-state index contributed by atoms with van der Waals surface area (Å²) in [6.45, 7) is 7.96. The fourth-order valence-electron chi connectivity index (χ4n) is 7.06. The van der Waals surface area contributed by atoms with Crippen molar-refractivity contribution in [3.63, 3.8) is 0 Å². The Morgan fingerprint density at radius 3 is 2.04 bits per heavy atom. The van der Waals surface area contributed by atoms with Crippen LogP contribution < -0.4 is 4.90 Å². The Kier molecular flexibility index (Phi) is 11.9. The van der Waals surface area contributed by atoms with Crippen molar-refractivity contribution in [3.05, 3.63) is 71.5 Å². The number of nitrogens with zero attached hydrogens (tertiary/aromatic N) is 2. The number of hydrogen-bond donors (Lipinski definition) is 3. The first-order valence-electron chi connectivity index (χ1n) is 16.3. The van der Waals surface area contributed by atoms with E-state index in [1.807, 2.05) is 39.0 Å². The van der Waals surface area contributed by atoms with Gasteiger partial charge in [0.25, 0.3) is 20.2 Å². The standard InChI is InChI=1S/C35H46N2O10S2/c1-6-36-29-16-14-25(48(40,41)42)23-27(29)34(2,18-21-46-4)31(36)11-10-12-32-35(3,19-22-47-5)28-24-26(49(43,44)45)15-17-30(28)37(32)20-9-7-8-13-33(38)39/h10-12,14-17,23-24H,6-9,13,18-22H2,1-5H3,(H2-,38,39,40,41,42,43,44,45)/p+1. The summed E-state index contributed by atoms with van der Waals surface area (Å²) in [7, 11) is -5.70. The molecular weight excluding hydrogens is 673 g/mol. The largest absolute Gasteiger partial charge is 0.481 e. The summed E-state index contributed by atoms with van der Waals surface area (Å²) < 4.78 is 81.3. The molecule has 268 valence electrons. The van der Waals surface area contributed by atoms with Crippen LogP contribution in [0.2, 0.25) is 0 Å². The lowest BCUT2D eigenvalue weighted by Gasteiger charge is -2.29. The first kappa shape index (κ1) is 38.4. The van der Waals surface area contributed by atoms with Crippen LogP contribution in [-0.4, -0.2) is 87.8 Å². The summed E-state index contributed by atoms with van der Waals surface area (Å²) >= 11 is 0. The van der Waals surface area contributed by atoms with Gasteiger partial charge in [0.15, 0.2) is 5.71 Å². The lowest BCUT2D eigenvalue weighted by atomic mass is 9.76. The van der Waals surface area contributed by atoms with Gasteiger partial charge < -0.3 is 19.5 Å². The molecule has 0 saturated heterocycles. The van der Waals surface area contributed by atoms with Gasteiger partial charge in [-0.2, -0.15) is 21.4 Å². The number of aliphatic carboxylic acids is 1. The molecule has 0 saturated carbocycles. The van der Waals surface area contributed by atoms with E-state index in [2.05, 4.69) is 9.48 Å². The van der Waals surface area contributed by atoms with Gasteiger partial charge in [0.1, 0.15) is 6.54 Å². The van der Waals surface area contributed by atoms with Gasteiger partial charge in [0, 0.05) is 81.3 Å². The first-order chi connectivity index (χ1) is 23.0. The third-order valence-electron chi connectivity index (χ3n) is 9.72. The van der Waals surface area contributed by atoms with Crippen LogP contribution in [0.15, 0.2) is 70.1 Å². The lowest BCUT2D eigenvalue weighted by molar-refractivity contribution is -0.438. The highest BCUT2D eigenvalue weighted by Crippen LogP contribution is 2.51. The predicted octanol–water partition coefficient (Wildman–Crippen LogP) is 5.49. The maximum Gasteiger partial charge on any atom is 0.303 e. The molecule has 3 N–H and O–H groups in total. The molecule has 2 heterocycles. The zero-order chi connectivity index (χ0) is 36.2. The molecule has 2 unspecified atom stereocenters.